The van der Waals surface area contributed by atoms with Crippen LogP contribution in [-0.2, 0) is 5.41 Å². The molecular weight excluding hydrogens is 458 g/mol. The summed E-state index contributed by atoms with van der Waals surface area (Å²) in [5.41, 5.74) is 12.4. The number of para-hydroxylation sites is 1. The Balaban J connectivity index is 1.40. The number of fused-ring (bicyclic) bond motifs is 6. The van der Waals surface area contributed by atoms with Crippen molar-refractivity contribution in [3.8, 4) is 22.3 Å². The molecule has 1 N–H and O–H groups in total. The summed E-state index contributed by atoms with van der Waals surface area (Å²) in [4.78, 5) is 3.56. The van der Waals surface area contributed by atoms with Gasteiger partial charge >= 0.3 is 0 Å². The van der Waals surface area contributed by atoms with Crippen LogP contribution in [0.3, 0.4) is 0 Å². The van der Waals surface area contributed by atoms with Gasteiger partial charge in [0.25, 0.3) is 0 Å². The van der Waals surface area contributed by atoms with E-state index in [1.54, 1.807) is 0 Å². The molecule has 1 nitrogen and oxygen atoms in total. The molecule has 1 aliphatic carbocycles. The molecule has 0 spiro atoms. The predicted molar refractivity (Wildman–Crippen MR) is 159 cm³/mol. The number of nitrogens with one attached hydrogen (secondary N) is 1. The van der Waals surface area contributed by atoms with Gasteiger partial charge in [0, 0.05) is 21.8 Å². The Morgan fingerprint density at radius 2 is 0.974 bits per heavy atom. The fourth-order valence-electron chi connectivity index (χ4n) is 6.66. The van der Waals surface area contributed by atoms with Crippen LogP contribution in [0.1, 0.15) is 22.3 Å². The van der Waals surface area contributed by atoms with Gasteiger partial charge in [-0.3, -0.25) is 0 Å². The van der Waals surface area contributed by atoms with Crippen molar-refractivity contribution in [1.82, 2.24) is 4.98 Å². The summed E-state index contributed by atoms with van der Waals surface area (Å²) in [6, 6.07) is 53.3. The Hall–Kier alpha value is -4.88. The van der Waals surface area contributed by atoms with Crippen molar-refractivity contribution >= 4 is 21.8 Å². The Morgan fingerprint density at radius 3 is 1.76 bits per heavy atom. The largest absolute Gasteiger partial charge is 0.355 e. The maximum Gasteiger partial charge on any atom is 0.0713 e. The van der Waals surface area contributed by atoms with E-state index in [0.29, 0.717) is 0 Å². The Kier molecular flexibility index (Phi) is 4.50. The quantitative estimate of drug-likeness (QED) is 0.258. The van der Waals surface area contributed by atoms with Crippen LogP contribution in [0.2, 0.25) is 0 Å². The normalized spacial score (nSPS) is 13.5. The second-order valence-electron chi connectivity index (χ2n) is 10.2. The minimum Gasteiger partial charge on any atom is -0.355 e. The number of aromatic nitrogens is 1. The summed E-state index contributed by atoms with van der Waals surface area (Å²) in [6.45, 7) is 0. The minimum absolute atomic E-state index is 0.353. The van der Waals surface area contributed by atoms with Gasteiger partial charge in [-0.25, -0.2) is 0 Å². The van der Waals surface area contributed by atoms with Crippen LogP contribution in [0.15, 0.2) is 146 Å². The summed E-state index contributed by atoms with van der Waals surface area (Å²) in [6.07, 6.45) is 0. The molecule has 0 amide bonds. The third-order valence-electron chi connectivity index (χ3n) is 8.30. The molecule has 1 heterocycles. The molecule has 6 aromatic carbocycles. The standard InChI is InChI=1S/C37H25N/c1-3-11-27(12-4-1)37(28-13-5-2-6-14-28)33-17-9-7-15-29(33)31-23-25(19-21-34(31)37)26-20-22-36-32(24-26)30-16-8-10-18-35(30)38-36/h1-24,38H. The highest BCUT2D eigenvalue weighted by molar-refractivity contribution is 6.08. The van der Waals surface area contributed by atoms with E-state index in [4.69, 9.17) is 0 Å². The zero-order valence-corrected chi connectivity index (χ0v) is 20.9. The van der Waals surface area contributed by atoms with Crippen molar-refractivity contribution in [2.75, 3.05) is 0 Å². The van der Waals surface area contributed by atoms with Crippen LogP contribution in [0.4, 0.5) is 0 Å². The van der Waals surface area contributed by atoms with Crippen LogP contribution < -0.4 is 0 Å². The summed E-state index contributed by atoms with van der Waals surface area (Å²) in [5, 5.41) is 2.53. The van der Waals surface area contributed by atoms with Gasteiger partial charge in [0.2, 0.25) is 0 Å². The average molecular weight is 484 g/mol. The number of benzene rings is 6. The zero-order chi connectivity index (χ0) is 25.1. The highest BCUT2D eigenvalue weighted by atomic mass is 14.7. The van der Waals surface area contributed by atoms with Crippen molar-refractivity contribution in [3.63, 3.8) is 0 Å². The van der Waals surface area contributed by atoms with E-state index in [1.165, 1.54) is 66.3 Å². The molecule has 178 valence electrons. The first-order valence-corrected chi connectivity index (χ1v) is 13.2. The minimum atomic E-state index is -0.353. The van der Waals surface area contributed by atoms with Gasteiger partial charge in [-0.1, -0.05) is 121 Å². The Bertz CT molecular complexity index is 1920. The number of hydrogen-bond donors (Lipinski definition) is 1. The van der Waals surface area contributed by atoms with E-state index in [9.17, 15) is 0 Å². The van der Waals surface area contributed by atoms with E-state index in [1.807, 2.05) is 0 Å². The lowest BCUT2D eigenvalue weighted by atomic mass is 9.67. The van der Waals surface area contributed by atoms with Crippen molar-refractivity contribution in [2.45, 2.75) is 5.41 Å². The zero-order valence-electron chi connectivity index (χ0n) is 20.9. The lowest BCUT2D eigenvalue weighted by Crippen LogP contribution is -2.28. The molecule has 0 aliphatic heterocycles. The highest BCUT2D eigenvalue weighted by Crippen LogP contribution is 2.56. The highest BCUT2D eigenvalue weighted by Gasteiger charge is 2.45. The maximum atomic E-state index is 3.56. The summed E-state index contributed by atoms with van der Waals surface area (Å²) in [5.74, 6) is 0. The van der Waals surface area contributed by atoms with E-state index in [-0.39, 0.29) is 5.41 Å². The van der Waals surface area contributed by atoms with Crippen molar-refractivity contribution in [3.05, 3.63) is 168 Å². The van der Waals surface area contributed by atoms with Crippen molar-refractivity contribution in [1.29, 1.82) is 0 Å². The number of H-pyrrole nitrogens is 1. The van der Waals surface area contributed by atoms with Gasteiger partial charge in [-0.05, 0) is 68.8 Å². The smallest absolute Gasteiger partial charge is 0.0713 e. The van der Waals surface area contributed by atoms with E-state index < -0.39 is 0 Å². The fraction of sp³-hybridized carbons (Fsp3) is 0.0270. The number of rotatable bonds is 3. The second kappa shape index (κ2) is 8.06. The monoisotopic (exact) mass is 483 g/mol. The lowest BCUT2D eigenvalue weighted by Gasteiger charge is -2.33. The van der Waals surface area contributed by atoms with E-state index in [2.05, 4.69) is 151 Å². The van der Waals surface area contributed by atoms with Gasteiger partial charge < -0.3 is 4.98 Å². The van der Waals surface area contributed by atoms with Crippen LogP contribution >= 0.6 is 0 Å². The summed E-state index contributed by atoms with van der Waals surface area (Å²) >= 11 is 0. The number of hydrogen-bond acceptors (Lipinski definition) is 0. The van der Waals surface area contributed by atoms with Gasteiger partial charge in [-0.15, -0.1) is 0 Å². The Labute approximate surface area is 222 Å². The summed E-state index contributed by atoms with van der Waals surface area (Å²) < 4.78 is 0. The van der Waals surface area contributed by atoms with Gasteiger partial charge in [0.05, 0.1) is 5.41 Å². The van der Waals surface area contributed by atoms with Crippen molar-refractivity contribution in [2.24, 2.45) is 0 Å². The van der Waals surface area contributed by atoms with Gasteiger partial charge in [-0.2, -0.15) is 0 Å². The molecule has 7 aromatic rings. The van der Waals surface area contributed by atoms with Gasteiger partial charge in [0.15, 0.2) is 0 Å². The Morgan fingerprint density at radius 1 is 0.395 bits per heavy atom. The molecular formula is C37H25N. The topological polar surface area (TPSA) is 15.8 Å². The maximum absolute atomic E-state index is 3.56. The molecule has 0 saturated carbocycles. The number of aromatic amines is 1. The molecule has 0 fully saturated rings. The fourth-order valence-corrected chi connectivity index (χ4v) is 6.66. The molecule has 38 heavy (non-hydrogen) atoms. The third kappa shape index (κ3) is 2.87. The molecule has 0 unspecified atom stereocenters. The molecule has 0 radical (unpaired) electrons. The molecule has 8 rings (SSSR count). The lowest BCUT2D eigenvalue weighted by molar-refractivity contribution is 0.768. The molecule has 0 bridgehead atoms. The molecule has 1 heteroatoms. The molecule has 0 saturated heterocycles. The van der Waals surface area contributed by atoms with Gasteiger partial charge in [0.1, 0.15) is 0 Å². The first-order valence-electron chi connectivity index (χ1n) is 13.2. The van der Waals surface area contributed by atoms with E-state index >= 15 is 0 Å². The molecule has 0 atom stereocenters. The van der Waals surface area contributed by atoms with Crippen molar-refractivity contribution < 1.29 is 0 Å². The summed E-state index contributed by atoms with van der Waals surface area (Å²) in [7, 11) is 0. The van der Waals surface area contributed by atoms with Crippen LogP contribution in [0, 0.1) is 0 Å². The first kappa shape index (κ1) is 21.2. The van der Waals surface area contributed by atoms with Crippen LogP contribution in [-0.4, -0.2) is 4.98 Å². The SMILES string of the molecule is c1ccc(C2(c3ccccc3)c3ccccc3-c3cc(-c4ccc5[nH]c6ccccc6c5c4)ccc32)cc1. The molecule has 1 aromatic heterocycles. The van der Waals surface area contributed by atoms with E-state index in [0.717, 1.165) is 0 Å². The van der Waals surface area contributed by atoms with Crippen LogP contribution in [0.25, 0.3) is 44.1 Å². The average Bonchev–Trinajstić information content (AvgIpc) is 3.51. The predicted octanol–water partition coefficient (Wildman–Crippen LogP) is 9.35. The second-order valence-corrected chi connectivity index (χ2v) is 10.2. The van der Waals surface area contributed by atoms with Crippen LogP contribution in [0.5, 0.6) is 0 Å². The third-order valence-corrected chi connectivity index (χ3v) is 8.30. The first-order chi connectivity index (χ1) is 18.8. The molecule has 1 aliphatic rings.